The minimum absolute atomic E-state index is 0.0699. The van der Waals surface area contributed by atoms with Crippen LogP contribution < -0.4 is 5.73 Å². The Labute approximate surface area is 160 Å². The van der Waals surface area contributed by atoms with Crippen molar-refractivity contribution in [3.05, 3.63) is 59.7 Å². The molecule has 0 radical (unpaired) electrons. The fourth-order valence-electron chi connectivity index (χ4n) is 3.75. The number of ether oxygens (including phenoxy) is 1. The van der Waals surface area contributed by atoms with Crippen molar-refractivity contribution in [1.82, 2.24) is 4.90 Å². The van der Waals surface area contributed by atoms with Crippen molar-refractivity contribution < 1.29 is 9.53 Å². The second kappa shape index (κ2) is 7.05. The Morgan fingerprint density at radius 2 is 1.89 bits per heavy atom. The zero-order valence-corrected chi connectivity index (χ0v) is 16.0. The largest absolute Gasteiger partial charge is 0.437 e. The predicted octanol–water partition coefficient (Wildman–Crippen LogP) is 4.02. The first-order valence-electron chi connectivity index (χ1n) is 9.09. The minimum Gasteiger partial charge on any atom is -0.437 e. The van der Waals surface area contributed by atoms with Crippen molar-refractivity contribution in [2.75, 3.05) is 13.1 Å². The highest BCUT2D eigenvalue weighted by atomic mass is 16.6. The van der Waals surface area contributed by atoms with E-state index in [9.17, 15) is 10.1 Å². The molecule has 5 heteroatoms. The minimum atomic E-state index is -0.903. The van der Waals surface area contributed by atoms with Crippen LogP contribution >= 0.6 is 0 Å². The number of rotatable bonds is 3. The standard InChI is InChI=1S/C22H25N3O2/c1-21(2,3)25-12-11-22(15-25,27-20(24)26)19-10-9-17(13-18(19)14-23)16-7-5-4-6-8-16/h4-10,13H,11-12,15H2,1-3H3,(H2,24,26)/t22-/m1/s1. The average Bonchev–Trinajstić information content (AvgIpc) is 3.06. The number of primary amides is 1. The van der Waals surface area contributed by atoms with Gasteiger partial charge in [-0.3, -0.25) is 4.90 Å². The van der Waals surface area contributed by atoms with Gasteiger partial charge in [0.1, 0.15) is 0 Å². The molecule has 3 rings (SSSR count). The Morgan fingerprint density at radius 3 is 2.44 bits per heavy atom. The number of carbonyl (C=O) groups is 1. The summed E-state index contributed by atoms with van der Waals surface area (Å²) in [6.45, 7) is 7.64. The smallest absolute Gasteiger partial charge is 0.405 e. The Hall–Kier alpha value is -2.84. The summed E-state index contributed by atoms with van der Waals surface area (Å²) < 4.78 is 5.64. The number of carbonyl (C=O) groups excluding carboxylic acids is 1. The molecule has 1 heterocycles. The van der Waals surface area contributed by atoms with Crippen LogP contribution in [0.5, 0.6) is 0 Å². The number of nitriles is 1. The summed E-state index contributed by atoms with van der Waals surface area (Å²) in [7, 11) is 0. The maximum atomic E-state index is 11.7. The molecule has 1 aliphatic heterocycles. The molecule has 1 atom stereocenters. The number of nitrogens with two attached hydrogens (primary N) is 1. The average molecular weight is 363 g/mol. The SMILES string of the molecule is CC(C)(C)N1CC[C@](OC(N)=O)(c2ccc(-c3ccccc3)cc2C#N)C1. The summed E-state index contributed by atoms with van der Waals surface area (Å²) in [6.07, 6.45) is -0.214. The number of nitrogens with zero attached hydrogens (tertiary/aromatic N) is 2. The van der Waals surface area contributed by atoms with Gasteiger partial charge < -0.3 is 10.5 Å². The molecule has 2 N–H and O–H groups in total. The number of hydrogen-bond donors (Lipinski definition) is 1. The molecule has 140 valence electrons. The van der Waals surface area contributed by atoms with E-state index in [0.717, 1.165) is 23.2 Å². The molecule has 1 amide bonds. The molecule has 0 bridgehead atoms. The molecular weight excluding hydrogens is 338 g/mol. The van der Waals surface area contributed by atoms with E-state index < -0.39 is 11.7 Å². The second-order valence-electron chi connectivity index (χ2n) is 8.00. The van der Waals surface area contributed by atoms with Gasteiger partial charge in [-0.15, -0.1) is 0 Å². The quantitative estimate of drug-likeness (QED) is 0.893. The summed E-state index contributed by atoms with van der Waals surface area (Å²) >= 11 is 0. The number of likely N-dealkylation sites (tertiary alicyclic amines) is 1. The molecule has 2 aromatic rings. The second-order valence-corrected chi connectivity index (χ2v) is 8.00. The lowest BCUT2D eigenvalue weighted by Crippen LogP contribution is -2.44. The van der Waals surface area contributed by atoms with Crippen LogP contribution in [0.4, 0.5) is 4.79 Å². The molecule has 2 aromatic carbocycles. The molecule has 0 spiro atoms. The Kier molecular flexibility index (Phi) is 4.95. The van der Waals surface area contributed by atoms with Crippen LogP contribution in [0.25, 0.3) is 11.1 Å². The predicted molar refractivity (Wildman–Crippen MR) is 105 cm³/mol. The first-order valence-corrected chi connectivity index (χ1v) is 9.09. The first kappa shape index (κ1) is 18.9. The van der Waals surface area contributed by atoms with Crippen molar-refractivity contribution in [1.29, 1.82) is 5.26 Å². The lowest BCUT2D eigenvalue weighted by atomic mass is 9.87. The van der Waals surface area contributed by atoms with Gasteiger partial charge in [0.15, 0.2) is 5.60 Å². The van der Waals surface area contributed by atoms with Crippen LogP contribution in [-0.4, -0.2) is 29.6 Å². The van der Waals surface area contributed by atoms with Gasteiger partial charge in [0, 0.05) is 30.6 Å². The molecular formula is C22H25N3O2. The van der Waals surface area contributed by atoms with E-state index in [4.69, 9.17) is 10.5 Å². The third kappa shape index (κ3) is 3.81. The van der Waals surface area contributed by atoms with E-state index >= 15 is 0 Å². The van der Waals surface area contributed by atoms with E-state index in [-0.39, 0.29) is 5.54 Å². The topological polar surface area (TPSA) is 79.3 Å². The van der Waals surface area contributed by atoms with Crippen molar-refractivity contribution in [3.63, 3.8) is 0 Å². The van der Waals surface area contributed by atoms with Crippen LogP contribution in [-0.2, 0) is 10.3 Å². The van der Waals surface area contributed by atoms with Gasteiger partial charge in [0.2, 0.25) is 0 Å². The van der Waals surface area contributed by atoms with Crippen LogP contribution in [0.1, 0.15) is 38.3 Å². The molecule has 0 unspecified atom stereocenters. The van der Waals surface area contributed by atoms with Crippen LogP contribution in [0.2, 0.25) is 0 Å². The van der Waals surface area contributed by atoms with Crippen molar-refractivity contribution in [3.8, 4) is 17.2 Å². The van der Waals surface area contributed by atoms with Crippen LogP contribution in [0.15, 0.2) is 48.5 Å². The van der Waals surface area contributed by atoms with Gasteiger partial charge in [0.25, 0.3) is 0 Å². The third-order valence-corrected chi connectivity index (χ3v) is 5.21. The fraction of sp³-hybridized carbons (Fsp3) is 0.364. The van der Waals surface area contributed by atoms with Gasteiger partial charge in [-0.1, -0.05) is 42.5 Å². The van der Waals surface area contributed by atoms with E-state index in [2.05, 4.69) is 31.7 Å². The molecule has 1 fully saturated rings. The van der Waals surface area contributed by atoms with Gasteiger partial charge >= 0.3 is 6.09 Å². The molecule has 0 saturated carbocycles. The monoisotopic (exact) mass is 363 g/mol. The Morgan fingerprint density at radius 1 is 1.19 bits per heavy atom. The van der Waals surface area contributed by atoms with Gasteiger partial charge in [0.05, 0.1) is 11.6 Å². The van der Waals surface area contributed by atoms with Crippen LogP contribution in [0.3, 0.4) is 0 Å². The normalized spacial score (nSPS) is 20.2. The first-order chi connectivity index (χ1) is 12.7. The van der Waals surface area contributed by atoms with Crippen molar-refractivity contribution in [2.24, 2.45) is 5.73 Å². The highest BCUT2D eigenvalue weighted by Crippen LogP contribution is 2.41. The Bertz CT molecular complexity index is 881. The molecule has 5 nitrogen and oxygen atoms in total. The van der Waals surface area contributed by atoms with Crippen LogP contribution in [0, 0.1) is 11.3 Å². The van der Waals surface area contributed by atoms with Gasteiger partial charge in [-0.05, 0) is 38.0 Å². The maximum absolute atomic E-state index is 11.7. The van der Waals surface area contributed by atoms with E-state index in [0.29, 0.717) is 18.5 Å². The summed E-state index contributed by atoms with van der Waals surface area (Å²) in [5.74, 6) is 0. The maximum Gasteiger partial charge on any atom is 0.405 e. The molecule has 27 heavy (non-hydrogen) atoms. The summed E-state index contributed by atoms with van der Waals surface area (Å²) in [4.78, 5) is 13.9. The third-order valence-electron chi connectivity index (χ3n) is 5.21. The molecule has 0 aliphatic carbocycles. The molecule has 1 aliphatic rings. The van der Waals surface area contributed by atoms with Gasteiger partial charge in [-0.25, -0.2) is 4.79 Å². The van der Waals surface area contributed by atoms with E-state index in [1.807, 2.05) is 48.5 Å². The summed E-state index contributed by atoms with van der Waals surface area (Å²) in [6, 6.07) is 17.9. The lowest BCUT2D eigenvalue weighted by molar-refractivity contribution is 0.0114. The number of benzene rings is 2. The van der Waals surface area contributed by atoms with Crippen molar-refractivity contribution >= 4 is 6.09 Å². The Balaban J connectivity index is 2.06. The summed E-state index contributed by atoms with van der Waals surface area (Å²) in [5, 5.41) is 9.79. The zero-order chi connectivity index (χ0) is 19.7. The highest BCUT2D eigenvalue weighted by Gasteiger charge is 2.47. The van der Waals surface area contributed by atoms with E-state index in [1.54, 1.807) is 0 Å². The summed E-state index contributed by atoms with van der Waals surface area (Å²) in [5.41, 5.74) is 7.64. The zero-order valence-electron chi connectivity index (χ0n) is 16.0. The molecule has 0 aromatic heterocycles. The van der Waals surface area contributed by atoms with E-state index in [1.165, 1.54) is 0 Å². The number of hydrogen-bond acceptors (Lipinski definition) is 4. The fourth-order valence-corrected chi connectivity index (χ4v) is 3.75. The van der Waals surface area contributed by atoms with Crippen molar-refractivity contribution in [2.45, 2.75) is 38.3 Å². The van der Waals surface area contributed by atoms with Gasteiger partial charge in [-0.2, -0.15) is 5.26 Å². The number of amides is 1. The highest BCUT2D eigenvalue weighted by molar-refractivity contribution is 5.68. The lowest BCUT2D eigenvalue weighted by Gasteiger charge is -2.35. The molecule has 1 saturated heterocycles.